The van der Waals surface area contributed by atoms with E-state index >= 15 is 0 Å². The maximum atomic E-state index is 11.9. The number of benzene rings is 1. The fourth-order valence-corrected chi connectivity index (χ4v) is 2.04. The molecule has 0 aliphatic carbocycles. The van der Waals surface area contributed by atoms with Crippen LogP contribution in [0.1, 0.15) is 25.8 Å². The molecule has 0 aliphatic rings. The lowest BCUT2D eigenvalue weighted by Gasteiger charge is -2.19. The first-order valence-corrected chi connectivity index (χ1v) is 7.64. The van der Waals surface area contributed by atoms with Crippen molar-refractivity contribution < 1.29 is 14.3 Å². The van der Waals surface area contributed by atoms with Gasteiger partial charge in [-0.3, -0.25) is 4.79 Å². The number of amides is 2. The van der Waals surface area contributed by atoms with Crippen molar-refractivity contribution in [2.24, 2.45) is 5.92 Å². The van der Waals surface area contributed by atoms with Gasteiger partial charge in [-0.2, -0.15) is 5.26 Å². The van der Waals surface area contributed by atoms with E-state index in [-0.39, 0.29) is 25.0 Å². The summed E-state index contributed by atoms with van der Waals surface area (Å²) >= 11 is 0. The van der Waals surface area contributed by atoms with Gasteiger partial charge in [0.2, 0.25) is 5.91 Å². The average molecular weight is 317 g/mol. The predicted octanol–water partition coefficient (Wildman–Crippen LogP) is 2.01. The SMILES string of the molecule is CC(C)C[C@H](NC(=O)OCCc1ccccc1)C(=O)NCC#N. The standard InChI is InChI=1S/C17H23N3O3/c1-13(2)12-15(16(21)19-10-9-18)20-17(22)23-11-8-14-6-4-3-5-7-14/h3-7,13,15H,8,10-12H2,1-2H3,(H,19,21)(H,20,22)/t15-/m0/s1. The normalized spacial score (nSPS) is 11.4. The van der Waals surface area contributed by atoms with Crippen LogP contribution in [-0.2, 0) is 16.0 Å². The topological polar surface area (TPSA) is 91.2 Å². The molecule has 0 spiro atoms. The van der Waals surface area contributed by atoms with Gasteiger partial charge in [0.05, 0.1) is 12.7 Å². The third-order valence-corrected chi connectivity index (χ3v) is 3.12. The first-order valence-electron chi connectivity index (χ1n) is 7.64. The Kier molecular flexibility index (Phi) is 8.22. The fourth-order valence-electron chi connectivity index (χ4n) is 2.04. The highest BCUT2D eigenvalue weighted by Crippen LogP contribution is 2.06. The number of rotatable bonds is 8. The predicted molar refractivity (Wildman–Crippen MR) is 86.5 cm³/mol. The first-order chi connectivity index (χ1) is 11.0. The van der Waals surface area contributed by atoms with Gasteiger partial charge in [-0.1, -0.05) is 44.2 Å². The van der Waals surface area contributed by atoms with Gasteiger partial charge in [0.15, 0.2) is 0 Å². The molecule has 0 aromatic heterocycles. The highest BCUT2D eigenvalue weighted by atomic mass is 16.5. The van der Waals surface area contributed by atoms with Crippen molar-refractivity contribution in [3.63, 3.8) is 0 Å². The highest BCUT2D eigenvalue weighted by Gasteiger charge is 2.22. The molecule has 124 valence electrons. The van der Waals surface area contributed by atoms with E-state index in [1.165, 1.54) is 0 Å². The minimum atomic E-state index is -0.701. The zero-order valence-electron chi connectivity index (χ0n) is 13.5. The molecule has 0 radical (unpaired) electrons. The zero-order chi connectivity index (χ0) is 17.1. The minimum absolute atomic E-state index is 0.0852. The molecule has 6 nitrogen and oxygen atoms in total. The van der Waals surface area contributed by atoms with E-state index in [0.717, 1.165) is 5.56 Å². The van der Waals surface area contributed by atoms with Crippen molar-refractivity contribution in [1.82, 2.24) is 10.6 Å². The van der Waals surface area contributed by atoms with E-state index in [0.29, 0.717) is 12.8 Å². The summed E-state index contributed by atoms with van der Waals surface area (Å²) in [6, 6.07) is 10.8. The van der Waals surface area contributed by atoms with Gasteiger partial charge in [-0.15, -0.1) is 0 Å². The molecule has 2 amide bonds. The second-order valence-electron chi connectivity index (χ2n) is 5.57. The van der Waals surface area contributed by atoms with Crippen molar-refractivity contribution in [3.05, 3.63) is 35.9 Å². The smallest absolute Gasteiger partial charge is 0.407 e. The van der Waals surface area contributed by atoms with Crippen LogP contribution in [0.4, 0.5) is 4.79 Å². The third kappa shape index (κ3) is 7.86. The number of nitrogens with zero attached hydrogens (tertiary/aromatic N) is 1. The monoisotopic (exact) mass is 317 g/mol. The van der Waals surface area contributed by atoms with Gasteiger partial charge < -0.3 is 15.4 Å². The Bertz CT molecular complexity index is 538. The van der Waals surface area contributed by atoms with Crippen molar-refractivity contribution in [2.45, 2.75) is 32.7 Å². The Morgan fingerprint density at radius 2 is 1.96 bits per heavy atom. The van der Waals surface area contributed by atoms with E-state index in [2.05, 4.69) is 10.6 Å². The number of alkyl carbamates (subject to hydrolysis) is 1. The lowest BCUT2D eigenvalue weighted by Crippen LogP contribution is -2.47. The maximum Gasteiger partial charge on any atom is 0.407 e. The molecule has 0 aliphatic heterocycles. The number of hydrogen-bond acceptors (Lipinski definition) is 4. The molecule has 0 saturated carbocycles. The molecule has 1 atom stereocenters. The zero-order valence-corrected chi connectivity index (χ0v) is 13.5. The molecule has 0 bridgehead atoms. The van der Waals surface area contributed by atoms with Gasteiger partial charge >= 0.3 is 6.09 Å². The summed E-state index contributed by atoms with van der Waals surface area (Å²) in [7, 11) is 0. The fraction of sp³-hybridized carbons (Fsp3) is 0.471. The summed E-state index contributed by atoms with van der Waals surface area (Å²) in [4.78, 5) is 23.8. The van der Waals surface area contributed by atoms with Crippen molar-refractivity contribution in [3.8, 4) is 6.07 Å². The van der Waals surface area contributed by atoms with Crippen molar-refractivity contribution in [1.29, 1.82) is 5.26 Å². The molecular formula is C17H23N3O3. The lowest BCUT2D eigenvalue weighted by molar-refractivity contribution is -0.123. The largest absolute Gasteiger partial charge is 0.449 e. The Morgan fingerprint density at radius 1 is 1.26 bits per heavy atom. The maximum absolute atomic E-state index is 11.9. The van der Waals surface area contributed by atoms with E-state index in [4.69, 9.17) is 10.00 Å². The van der Waals surface area contributed by atoms with Crippen LogP contribution in [0, 0.1) is 17.2 Å². The van der Waals surface area contributed by atoms with Gasteiger partial charge in [0.1, 0.15) is 12.6 Å². The van der Waals surface area contributed by atoms with Gasteiger partial charge in [0.25, 0.3) is 0 Å². The Balaban J connectivity index is 2.43. The van der Waals surface area contributed by atoms with E-state index in [1.54, 1.807) is 0 Å². The van der Waals surface area contributed by atoms with Gasteiger partial charge in [-0.25, -0.2) is 4.79 Å². The quantitative estimate of drug-likeness (QED) is 0.718. The van der Waals surface area contributed by atoms with Crippen LogP contribution in [0.5, 0.6) is 0 Å². The van der Waals surface area contributed by atoms with E-state index in [1.807, 2.05) is 50.2 Å². The molecule has 6 heteroatoms. The van der Waals surface area contributed by atoms with Crippen LogP contribution in [0.25, 0.3) is 0 Å². The number of carbonyl (C=O) groups excluding carboxylic acids is 2. The highest BCUT2D eigenvalue weighted by molar-refractivity contribution is 5.85. The van der Waals surface area contributed by atoms with Crippen molar-refractivity contribution >= 4 is 12.0 Å². The third-order valence-electron chi connectivity index (χ3n) is 3.12. The second-order valence-corrected chi connectivity index (χ2v) is 5.57. The number of ether oxygens (including phenoxy) is 1. The summed E-state index contributed by atoms with van der Waals surface area (Å²) in [5.74, 6) is -0.155. The summed E-state index contributed by atoms with van der Waals surface area (Å²) in [5, 5.41) is 13.5. The van der Waals surface area contributed by atoms with Crippen molar-refractivity contribution in [2.75, 3.05) is 13.2 Å². The summed E-state index contributed by atoms with van der Waals surface area (Å²) in [5.41, 5.74) is 1.07. The number of nitrogens with one attached hydrogen (secondary N) is 2. The minimum Gasteiger partial charge on any atom is -0.449 e. The Morgan fingerprint density at radius 3 is 2.57 bits per heavy atom. The molecule has 1 rings (SSSR count). The van der Waals surface area contributed by atoms with Crippen LogP contribution in [0.15, 0.2) is 30.3 Å². The first kappa shape index (κ1) is 18.5. The van der Waals surface area contributed by atoms with Crippen LogP contribution < -0.4 is 10.6 Å². The number of hydrogen-bond donors (Lipinski definition) is 2. The molecule has 23 heavy (non-hydrogen) atoms. The Hall–Kier alpha value is -2.55. The van der Waals surface area contributed by atoms with Crippen LogP contribution in [0.2, 0.25) is 0 Å². The molecule has 1 aromatic rings. The molecule has 0 heterocycles. The molecule has 1 aromatic carbocycles. The van der Waals surface area contributed by atoms with Gasteiger partial charge in [0, 0.05) is 6.42 Å². The number of carbonyl (C=O) groups is 2. The second kappa shape index (κ2) is 10.2. The van der Waals surface area contributed by atoms with Crippen LogP contribution >= 0.6 is 0 Å². The molecule has 0 fully saturated rings. The van der Waals surface area contributed by atoms with E-state index < -0.39 is 12.1 Å². The average Bonchev–Trinajstić information content (AvgIpc) is 2.52. The Labute approximate surface area is 136 Å². The molecular weight excluding hydrogens is 294 g/mol. The molecule has 2 N–H and O–H groups in total. The molecule has 0 saturated heterocycles. The van der Waals surface area contributed by atoms with E-state index in [9.17, 15) is 9.59 Å². The number of nitriles is 1. The summed E-state index contributed by atoms with van der Waals surface area (Å²) in [6.07, 6.45) is 0.466. The lowest BCUT2D eigenvalue weighted by atomic mass is 10.0. The van der Waals surface area contributed by atoms with Crippen LogP contribution in [0.3, 0.4) is 0 Å². The van der Waals surface area contributed by atoms with Crippen LogP contribution in [-0.4, -0.2) is 31.2 Å². The molecule has 0 unspecified atom stereocenters. The summed E-state index contributed by atoms with van der Waals surface area (Å²) in [6.45, 7) is 4.06. The summed E-state index contributed by atoms with van der Waals surface area (Å²) < 4.78 is 5.12. The van der Waals surface area contributed by atoms with Gasteiger partial charge in [-0.05, 0) is 17.9 Å².